The number of carbonyl (C=O) groups is 1. The molecule has 1 aromatic carbocycles. The second-order valence-electron chi connectivity index (χ2n) is 4.61. The summed E-state index contributed by atoms with van der Waals surface area (Å²) in [5.74, 6) is 0.578. The van der Waals surface area contributed by atoms with Gasteiger partial charge in [-0.25, -0.2) is 4.79 Å². The van der Waals surface area contributed by atoms with Crippen LogP contribution in [-0.2, 0) is 17.9 Å². The van der Waals surface area contributed by atoms with Crippen molar-refractivity contribution in [1.29, 1.82) is 0 Å². The third kappa shape index (κ3) is 3.35. The number of alkyl carbamates (subject to hydrolysis) is 1. The number of nitrogens with zero attached hydrogens (tertiary/aromatic N) is 3. The predicted molar refractivity (Wildman–Crippen MR) is 81.5 cm³/mol. The molecule has 112 valence electrons. The smallest absolute Gasteiger partial charge is 0.407 e. The SMILES string of the molecule is O=C(NCc1nnc2ccc(Cl)cn12)OCc1ccccc1. The zero-order chi connectivity index (χ0) is 15.4. The maximum atomic E-state index is 11.7. The second kappa shape index (κ2) is 6.44. The van der Waals surface area contributed by atoms with Crippen LogP contribution in [0.25, 0.3) is 5.65 Å². The molecule has 2 heterocycles. The molecule has 7 heteroatoms. The summed E-state index contributed by atoms with van der Waals surface area (Å²) in [7, 11) is 0. The summed E-state index contributed by atoms with van der Waals surface area (Å²) in [6.45, 7) is 0.425. The Hall–Kier alpha value is -2.60. The van der Waals surface area contributed by atoms with Crippen molar-refractivity contribution in [3.63, 3.8) is 0 Å². The van der Waals surface area contributed by atoms with Crippen molar-refractivity contribution < 1.29 is 9.53 Å². The minimum Gasteiger partial charge on any atom is -0.445 e. The maximum Gasteiger partial charge on any atom is 0.407 e. The van der Waals surface area contributed by atoms with Crippen LogP contribution in [0.15, 0.2) is 48.7 Å². The summed E-state index contributed by atoms with van der Waals surface area (Å²) in [4.78, 5) is 11.7. The highest BCUT2D eigenvalue weighted by Gasteiger charge is 2.08. The molecule has 0 aliphatic rings. The molecule has 6 nitrogen and oxygen atoms in total. The lowest BCUT2D eigenvalue weighted by Gasteiger charge is -2.06. The van der Waals surface area contributed by atoms with Crippen molar-refractivity contribution in [3.8, 4) is 0 Å². The van der Waals surface area contributed by atoms with E-state index in [1.54, 1.807) is 22.7 Å². The first-order valence-electron chi connectivity index (χ1n) is 6.66. The molecule has 0 saturated carbocycles. The Labute approximate surface area is 131 Å². The monoisotopic (exact) mass is 316 g/mol. The average Bonchev–Trinajstić information content (AvgIpc) is 2.94. The summed E-state index contributed by atoms with van der Waals surface area (Å²) in [6, 6.07) is 13.0. The predicted octanol–water partition coefficient (Wildman–Crippen LogP) is 2.81. The minimum absolute atomic E-state index is 0.204. The fourth-order valence-electron chi connectivity index (χ4n) is 1.96. The molecule has 0 aliphatic heterocycles. The van der Waals surface area contributed by atoms with E-state index in [1.165, 1.54) is 0 Å². The van der Waals surface area contributed by atoms with E-state index >= 15 is 0 Å². The van der Waals surface area contributed by atoms with Crippen LogP contribution in [0.1, 0.15) is 11.4 Å². The third-order valence-corrected chi connectivity index (χ3v) is 3.26. The first-order chi connectivity index (χ1) is 10.7. The van der Waals surface area contributed by atoms with Gasteiger partial charge in [-0.3, -0.25) is 4.40 Å². The minimum atomic E-state index is -0.511. The molecule has 1 N–H and O–H groups in total. The van der Waals surface area contributed by atoms with Gasteiger partial charge in [0.1, 0.15) is 6.61 Å². The molecule has 0 bridgehead atoms. The summed E-state index contributed by atoms with van der Waals surface area (Å²) in [5.41, 5.74) is 1.59. The van der Waals surface area contributed by atoms with Crippen LogP contribution in [0.4, 0.5) is 4.79 Å². The summed E-state index contributed by atoms with van der Waals surface area (Å²) < 4.78 is 6.85. The van der Waals surface area contributed by atoms with Crippen LogP contribution in [0, 0.1) is 0 Å². The lowest BCUT2D eigenvalue weighted by atomic mass is 10.2. The number of fused-ring (bicyclic) bond motifs is 1. The Balaban J connectivity index is 1.57. The maximum absolute atomic E-state index is 11.7. The fourth-order valence-corrected chi connectivity index (χ4v) is 2.12. The van der Waals surface area contributed by atoms with Crippen LogP contribution in [-0.4, -0.2) is 20.7 Å². The molecule has 0 atom stereocenters. The van der Waals surface area contributed by atoms with E-state index in [9.17, 15) is 4.79 Å². The number of halogens is 1. The quantitative estimate of drug-likeness (QED) is 0.803. The molecular weight excluding hydrogens is 304 g/mol. The molecule has 22 heavy (non-hydrogen) atoms. The Morgan fingerprint density at radius 1 is 1.18 bits per heavy atom. The number of amides is 1. The van der Waals surface area contributed by atoms with Gasteiger partial charge in [-0.2, -0.15) is 0 Å². The Morgan fingerprint density at radius 2 is 2.00 bits per heavy atom. The molecule has 0 radical (unpaired) electrons. The molecular formula is C15H13ClN4O2. The first kappa shape index (κ1) is 14.3. The Morgan fingerprint density at radius 3 is 2.82 bits per heavy atom. The van der Waals surface area contributed by atoms with Gasteiger partial charge in [0.15, 0.2) is 11.5 Å². The fraction of sp³-hybridized carbons (Fsp3) is 0.133. The van der Waals surface area contributed by atoms with E-state index in [0.717, 1.165) is 5.56 Å². The van der Waals surface area contributed by atoms with E-state index in [4.69, 9.17) is 16.3 Å². The highest BCUT2D eigenvalue weighted by atomic mass is 35.5. The molecule has 3 rings (SSSR count). The lowest BCUT2D eigenvalue weighted by Crippen LogP contribution is -2.24. The molecule has 2 aromatic heterocycles. The molecule has 0 spiro atoms. The molecule has 0 unspecified atom stereocenters. The highest BCUT2D eigenvalue weighted by molar-refractivity contribution is 6.30. The number of carbonyl (C=O) groups excluding carboxylic acids is 1. The van der Waals surface area contributed by atoms with Crippen LogP contribution < -0.4 is 5.32 Å². The largest absolute Gasteiger partial charge is 0.445 e. The number of benzene rings is 1. The van der Waals surface area contributed by atoms with Crippen LogP contribution in [0.5, 0.6) is 0 Å². The Kier molecular flexibility index (Phi) is 4.20. The van der Waals surface area contributed by atoms with Crippen molar-refractivity contribution in [1.82, 2.24) is 19.9 Å². The number of ether oxygens (including phenoxy) is 1. The van der Waals surface area contributed by atoms with E-state index < -0.39 is 6.09 Å². The number of hydrogen-bond donors (Lipinski definition) is 1. The van der Waals surface area contributed by atoms with Crippen LogP contribution >= 0.6 is 11.6 Å². The van der Waals surface area contributed by atoms with E-state index in [1.807, 2.05) is 30.3 Å². The van der Waals surface area contributed by atoms with Gasteiger partial charge >= 0.3 is 6.09 Å². The zero-order valence-electron chi connectivity index (χ0n) is 11.6. The number of rotatable bonds is 4. The standard InChI is InChI=1S/C15H13ClN4O2/c16-12-6-7-13-18-19-14(20(13)9-12)8-17-15(21)22-10-11-4-2-1-3-5-11/h1-7,9H,8,10H2,(H,17,21). The number of aromatic nitrogens is 3. The number of pyridine rings is 1. The van der Waals surface area contributed by atoms with Crippen molar-refractivity contribution in [3.05, 3.63) is 65.1 Å². The van der Waals surface area contributed by atoms with Gasteiger partial charge < -0.3 is 10.1 Å². The van der Waals surface area contributed by atoms with Gasteiger partial charge in [0.05, 0.1) is 11.6 Å². The highest BCUT2D eigenvalue weighted by Crippen LogP contribution is 2.11. The normalized spacial score (nSPS) is 10.6. The van der Waals surface area contributed by atoms with Crippen molar-refractivity contribution in [2.75, 3.05) is 0 Å². The number of nitrogens with one attached hydrogen (secondary N) is 1. The van der Waals surface area contributed by atoms with Gasteiger partial charge in [0.2, 0.25) is 0 Å². The van der Waals surface area contributed by atoms with E-state index in [0.29, 0.717) is 16.5 Å². The van der Waals surface area contributed by atoms with Gasteiger partial charge in [0, 0.05) is 6.20 Å². The van der Waals surface area contributed by atoms with Crippen molar-refractivity contribution in [2.45, 2.75) is 13.2 Å². The second-order valence-corrected chi connectivity index (χ2v) is 5.04. The van der Waals surface area contributed by atoms with Crippen molar-refractivity contribution in [2.24, 2.45) is 0 Å². The summed E-state index contributed by atoms with van der Waals surface area (Å²) in [5, 5.41) is 11.2. The van der Waals surface area contributed by atoms with Gasteiger partial charge in [-0.15, -0.1) is 10.2 Å². The van der Waals surface area contributed by atoms with Gasteiger partial charge in [0.25, 0.3) is 0 Å². The zero-order valence-corrected chi connectivity index (χ0v) is 12.3. The Bertz CT molecular complexity index is 789. The molecule has 0 saturated heterocycles. The molecule has 0 fully saturated rings. The average molecular weight is 317 g/mol. The molecule has 3 aromatic rings. The molecule has 1 amide bonds. The molecule has 0 aliphatic carbocycles. The first-order valence-corrected chi connectivity index (χ1v) is 7.04. The number of hydrogen-bond acceptors (Lipinski definition) is 4. The summed E-state index contributed by atoms with van der Waals surface area (Å²) >= 11 is 5.94. The van der Waals surface area contributed by atoms with Crippen molar-refractivity contribution >= 4 is 23.3 Å². The lowest BCUT2D eigenvalue weighted by molar-refractivity contribution is 0.139. The van der Waals surface area contributed by atoms with Gasteiger partial charge in [-0.05, 0) is 17.7 Å². The van der Waals surface area contributed by atoms with E-state index in [2.05, 4.69) is 15.5 Å². The van der Waals surface area contributed by atoms with E-state index in [-0.39, 0.29) is 13.2 Å². The topological polar surface area (TPSA) is 68.5 Å². The third-order valence-electron chi connectivity index (χ3n) is 3.04. The van der Waals surface area contributed by atoms with Gasteiger partial charge in [-0.1, -0.05) is 41.9 Å². The van der Waals surface area contributed by atoms with Crippen LogP contribution in [0.2, 0.25) is 5.02 Å². The van der Waals surface area contributed by atoms with Crippen LogP contribution in [0.3, 0.4) is 0 Å². The summed E-state index contributed by atoms with van der Waals surface area (Å²) in [6.07, 6.45) is 1.19.